The van der Waals surface area contributed by atoms with Gasteiger partial charge in [0.05, 0.1) is 11.4 Å². The maximum atomic E-state index is 6.57. The summed E-state index contributed by atoms with van der Waals surface area (Å²) in [4.78, 5) is 9.37. The van der Waals surface area contributed by atoms with Gasteiger partial charge in [-0.05, 0) is 84.2 Å². The fourth-order valence-corrected chi connectivity index (χ4v) is 7.92. The summed E-state index contributed by atoms with van der Waals surface area (Å²) in [5.41, 5.74) is 8.02. The van der Waals surface area contributed by atoms with Gasteiger partial charge in [0.25, 0.3) is 0 Å². The molecule has 1 unspecified atom stereocenters. The van der Waals surface area contributed by atoms with Crippen LogP contribution in [-0.2, 0) is 9.47 Å². The van der Waals surface area contributed by atoms with Gasteiger partial charge in [0.15, 0.2) is 16.0 Å². The lowest BCUT2D eigenvalue weighted by atomic mass is 9.92. The maximum Gasteiger partial charge on any atom is 0.176 e. The zero-order chi connectivity index (χ0) is 32.8. The molecule has 3 fully saturated rings. The van der Waals surface area contributed by atoms with E-state index in [1.807, 2.05) is 13.8 Å². The number of thiocarbonyl (C=S) groups is 2. The van der Waals surface area contributed by atoms with Gasteiger partial charge in [-0.15, -0.1) is 0 Å². The van der Waals surface area contributed by atoms with Crippen molar-refractivity contribution in [2.75, 3.05) is 49.1 Å². The van der Waals surface area contributed by atoms with E-state index in [1.54, 1.807) is 0 Å². The molecule has 2 aromatic carbocycles. The molecule has 0 aliphatic carbocycles. The smallest absolute Gasteiger partial charge is 0.176 e. The van der Waals surface area contributed by atoms with Crippen LogP contribution in [0.1, 0.15) is 115 Å². The SMILES string of the molecule is CC(C)c1cccc(C(C)C)c1N1CCN(CC2OC(C)(C)O[C@H]2CN2CCN(c3c(C(C)C)cccc3C(C)C)C2=S)C1=S. The third kappa shape index (κ3) is 6.90. The fourth-order valence-electron chi connectivity index (χ4n) is 7.22. The summed E-state index contributed by atoms with van der Waals surface area (Å²) >= 11 is 12.4. The van der Waals surface area contributed by atoms with Crippen LogP contribution in [0.3, 0.4) is 0 Å². The van der Waals surface area contributed by atoms with Gasteiger partial charge in [0.1, 0.15) is 12.2 Å². The van der Waals surface area contributed by atoms with Crippen molar-refractivity contribution in [3.63, 3.8) is 0 Å². The second-order valence-electron chi connectivity index (χ2n) is 14.7. The normalized spacial score (nSPS) is 22.1. The van der Waals surface area contributed by atoms with Gasteiger partial charge in [-0.25, -0.2) is 0 Å². The number of rotatable bonds is 10. The molecule has 0 aromatic heterocycles. The Kier molecular flexibility index (Phi) is 10.2. The van der Waals surface area contributed by atoms with E-state index in [1.165, 1.54) is 33.6 Å². The number of ether oxygens (including phenoxy) is 2. The lowest BCUT2D eigenvalue weighted by Gasteiger charge is -2.31. The molecule has 2 aromatic rings. The first-order valence-electron chi connectivity index (χ1n) is 16.9. The van der Waals surface area contributed by atoms with Crippen LogP contribution in [0.4, 0.5) is 11.4 Å². The third-order valence-electron chi connectivity index (χ3n) is 9.50. The van der Waals surface area contributed by atoms with Crippen molar-refractivity contribution in [3.8, 4) is 0 Å². The van der Waals surface area contributed by atoms with Crippen LogP contribution >= 0.6 is 24.4 Å². The van der Waals surface area contributed by atoms with Gasteiger partial charge < -0.3 is 29.1 Å². The number of nitrogens with zero attached hydrogens (tertiary/aromatic N) is 4. The number of anilines is 2. The first-order chi connectivity index (χ1) is 21.2. The molecule has 3 aliphatic heterocycles. The van der Waals surface area contributed by atoms with Gasteiger partial charge >= 0.3 is 0 Å². The molecule has 0 spiro atoms. The van der Waals surface area contributed by atoms with E-state index >= 15 is 0 Å². The predicted molar refractivity (Wildman–Crippen MR) is 196 cm³/mol. The van der Waals surface area contributed by atoms with E-state index in [-0.39, 0.29) is 12.2 Å². The van der Waals surface area contributed by atoms with Crippen molar-refractivity contribution in [1.82, 2.24) is 9.80 Å². The highest BCUT2D eigenvalue weighted by Crippen LogP contribution is 2.40. The largest absolute Gasteiger partial charge is 0.344 e. The number of benzene rings is 2. The molecule has 2 atom stereocenters. The summed E-state index contributed by atoms with van der Waals surface area (Å²) in [6.45, 7) is 27.1. The summed E-state index contributed by atoms with van der Waals surface area (Å²) in [7, 11) is 0. The summed E-state index contributed by atoms with van der Waals surface area (Å²) in [5.74, 6) is 1.00. The van der Waals surface area contributed by atoms with Gasteiger partial charge in [-0.3, -0.25) is 0 Å². The van der Waals surface area contributed by atoms with Crippen molar-refractivity contribution >= 4 is 46.0 Å². The Labute approximate surface area is 283 Å². The van der Waals surface area contributed by atoms with Crippen molar-refractivity contribution < 1.29 is 9.47 Å². The molecule has 246 valence electrons. The third-order valence-corrected chi connectivity index (χ3v) is 10.5. The molecule has 0 amide bonds. The maximum absolute atomic E-state index is 6.57. The quantitative estimate of drug-likeness (QED) is 0.238. The highest BCUT2D eigenvalue weighted by molar-refractivity contribution is 7.80. The van der Waals surface area contributed by atoms with E-state index in [4.69, 9.17) is 33.9 Å². The fraction of sp³-hybridized carbons (Fsp3) is 0.622. The Bertz CT molecular complexity index is 1250. The predicted octanol–water partition coefficient (Wildman–Crippen LogP) is 8.21. The second kappa shape index (κ2) is 13.5. The van der Waals surface area contributed by atoms with E-state index in [0.717, 1.165) is 36.4 Å². The molecule has 3 heterocycles. The Morgan fingerprint density at radius 3 is 1.20 bits per heavy atom. The first kappa shape index (κ1) is 34.1. The lowest BCUT2D eigenvalue weighted by molar-refractivity contribution is -0.147. The molecule has 0 bridgehead atoms. The average molecular weight is 651 g/mol. The molecular formula is C37H54N4O2S2. The Balaban J connectivity index is 1.33. The minimum absolute atomic E-state index is 0.117. The van der Waals surface area contributed by atoms with Crippen LogP contribution in [0.2, 0.25) is 0 Å². The zero-order valence-corrected chi connectivity index (χ0v) is 30.7. The molecule has 5 rings (SSSR count). The number of hydrogen-bond donors (Lipinski definition) is 0. The Morgan fingerprint density at radius 1 is 0.600 bits per heavy atom. The van der Waals surface area contributed by atoms with E-state index in [0.29, 0.717) is 36.8 Å². The van der Waals surface area contributed by atoms with E-state index < -0.39 is 5.79 Å². The Morgan fingerprint density at radius 2 is 0.911 bits per heavy atom. The van der Waals surface area contributed by atoms with Gasteiger partial charge in [-0.2, -0.15) is 0 Å². The summed E-state index contributed by atoms with van der Waals surface area (Å²) in [5, 5.41) is 1.76. The van der Waals surface area contributed by atoms with E-state index in [2.05, 4.69) is 111 Å². The molecular weight excluding hydrogens is 597 g/mol. The second-order valence-corrected chi connectivity index (χ2v) is 15.4. The van der Waals surface area contributed by atoms with Crippen LogP contribution in [0, 0.1) is 0 Å². The number of hydrogen-bond acceptors (Lipinski definition) is 4. The monoisotopic (exact) mass is 650 g/mol. The molecule has 6 nitrogen and oxygen atoms in total. The molecule has 0 radical (unpaired) electrons. The standard InChI is InChI=1S/C37H54N4O2S2/c1-23(2)27-13-11-14-28(24(3)4)33(27)40-19-17-38(35(40)44)21-31-32(43-37(9,10)42-31)22-39-18-20-41(36(39)45)34-29(25(5)6)15-12-16-30(34)26(7)8/h11-16,23-26,31-32H,17-22H2,1-10H3/t31-,32?/m0/s1. The molecule has 45 heavy (non-hydrogen) atoms. The summed E-state index contributed by atoms with van der Waals surface area (Å²) < 4.78 is 13.1. The minimum atomic E-state index is -0.665. The van der Waals surface area contributed by atoms with Gasteiger partial charge in [0.2, 0.25) is 0 Å². The van der Waals surface area contributed by atoms with Gasteiger partial charge in [0, 0.05) is 39.3 Å². The average Bonchev–Trinajstić information content (AvgIpc) is 3.61. The van der Waals surface area contributed by atoms with Gasteiger partial charge in [-0.1, -0.05) is 91.8 Å². The highest BCUT2D eigenvalue weighted by atomic mass is 32.1. The lowest BCUT2D eigenvalue weighted by Crippen LogP contribution is -2.45. The minimum Gasteiger partial charge on any atom is -0.344 e. The van der Waals surface area contributed by atoms with Crippen molar-refractivity contribution in [2.45, 2.75) is 111 Å². The topological polar surface area (TPSA) is 31.4 Å². The molecule has 0 saturated carbocycles. The highest BCUT2D eigenvalue weighted by Gasteiger charge is 2.45. The first-order valence-corrected chi connectivity index (χ1v) is 17.8. The van der Waals surface area contributed by atoms with E-state index in [9.17, 15) is 0 Å². The van der Waals surface area contributed by atoms with Crippen LogP contribution in [0.25, 0.3) is 0 Å². The van der Waals surface area contributed by atoms with Crippen LogP contribution in [-0.4, -0.2) is 77.3 Å². The molecule has 8 heteroatoms. The van der Waals surface area contributed by atoms with Crippen molar-refractivity contribution in [1.29, 1.82) is 0 Å². The molecule has 3 saturated heterocycles. The van der Waals surface area contributed by atoms with Crippen LogP contribution in [0.15, 0.2) is 36.4 Å². The van der Waals surface area contributed by atoms with Crippen LogP contribution < -0.4 is 9.80 Å². The summed E-state index contributed by atoms with van der Waals surface area (Å²) in [6, 6.07) is 13.4. The number of para-hydroxylation sites is 2. The Hall–Kier alpha value is -2.26. The van der Waals surface area contributed by atoms with Crippen molar-refractivity contribution in [3.05, 3.63) is 58.7 Å². The zero-order valence-electron chi connectivity index (χ0n) is 29.1. The molecule has 0 N–H and O–H groups in total. The van der Waals surface area contributed by atoms with Crippen LogP contribution in [0.5, 0.6) is 0 Å². The van der Waals surface area contributed by atoms with Crippen molar-refractivity contribution in [2.24, 2.45) is 0 Å². The molecule has 3 aliphatic rings. The summed E-state index contributed by atoms with van der Waals surface area (Å²) in [6.07, 6.45) is -0.234.